The summed E-state index contributed by atoms with van der Waals surface area (Å²) in [5.41, 5.74) is -0.521. The van der Waals surface area contributed by atoms with Crippen molar-refractivity contribution in [2.75, 3.05) is 201 Å². The van der Waals surface area contributed by atoms with Crippen LogP contribution < -0.4 is 41.3 Å². The van der Waals surface area contributed by atoms with Crippen LogP contribution in [0.4, 0.5) is 70.4 Å². The van der Waals surface area contributed by atoms with Gasteiger partial charge in [-0.1, -0.05) is 0 Å². The Morgan fingerprint density at radius 2 is 0.723 bits per heavy atom. The van der Waals surface area contributed by atoms with Gasteiger partial charge in [-0.3, -0.25) is 28.4 Å². The summed E-state index contributed by atoms with van der Waals surface area (Å²) in [5.74, 6) is 2.25. The van der Waals surface area contributed by atoms with Crippen LogP contribution in [0.3, 0.4) is 0 Å². The highest BCUT2D eigenvalue weighted by Crippen LogP contribution is 2.37. The Morgan fingerprint density at radius 3 is 1.03 bits per heavy atom. The molecule has 0 saturated carbocycles. The van der Waals surface area contributed by atoms with Crippen molar-refractivity contribution in [1.29, 1.82) is 0 Å². The van der Waals surface area contributed by atoms with Crippen LogP contribution in [0.15, 0.2) is 74.0 Å². The molecule has 18 heterocycles. The number of carbonyl (C=O) groups excluding carboxylic acids is 6. The highest BCUT2D eigenvalue weighted by atomic mass is 35.5. The number of amides is 5. The number of morpholine rings is 3. The predicted octanol–water partition coefficient (Wildman–Crippen LogP) is 12.5. The molecule has 46 heteroatoms. The molecule has 9 aromatic heterocycles. The van der Waals surface area contributed by atoms with Crippen molar-refractivity contribution in [2.24, 2.45) is 17.8 Å². The van der Waals surface area contributed by atoms with Gasteiger partial charge in [0.25, 0.3) is 37.0 Å². The number of fused-ring (bicyclic) bond motifs is 3. The number of likely N-dealkylation sites (tertiary alicyclic amines) is 4. The lowest BCUT2D eigenvalue weighted by Crippen LogP contribution is -2.42. The third-order valence-electron chi connectivity index (χ3n) is 26.1. The molecule has 0 radical (unpaired) electrons. The number of anilines is 6. The maximum Gasteiger partial charge on any atom is 0.410 e. The minimum atomic E-state index is -2.84. The topological polar surface area (TPSA) is 375 Å². The van der Waals surface area contributed by atoms with Crippen LogP contribution in [0, 0.1) is 17.8 Å². The number of aldehydes is 1. The molecule has 0 aromatic carbocycles. The maximum absolute atomic E-state index is 14.1. The first kappa shape index (κ1) is 104. The lowest BCUT2D eigenvalue weighted by Gasteiger charge is -2.36. The predicted molar refractivity (Wildman–Crippen MR) is 505 cm³/mol. The number of alkyl halides is 6. The van der Waals surface area contributed by atoms with Gasteiger partial charge in [0.2, 0.25) is 0 Å². The molecule has 137 heavy (non-hydrogen) atoms. The van der Waals surface area contributed by atoms with Gasteiger partial charge in [0.05, 0.1) is 93.4 Å². The number of hydrogen-bond donors (Lipinski definition) is 5. The summed E-state index contributed by atoms with van der Waals surface area (Å²) in [7, 11) is 0. The fourth-order valence-corrected chi connectivity index (χ4v) is 18.4. The number of carbonyl (C=O) groups is 6. The molecule has 0 atom stereocenters. The van der Waals surface area contributed by atoms with Crippen LogP contribution in [0.5, 0.6) is 0 Å². The van der Waals surface area contributed by atoms with E-state index < -0.39 is 65.3 Å². The van der Waals surface area contributed by atoms with E-state index in [4.69, 9.17) is 23.7 Å². The first-order valence-electron chi connectivity index (χ1n) is 47.4. The minimum Gasteiger partial charge on any atom is -0.444 e. The number of aromatic nitrogens is 15. The molecule has 750 valence electrons. The number of nitrogens with one attached hydrogen (secondary N) is 5. The fourth-order valence-electron chi connectivity index (χ4n) is 18.4. The second-order valence-corrected chi connectivity index (χ2v) is 37.7. The molecule has 0 unspecified atom stereocenters. The van der Waals surface area contributed by atoms with E-state index in [1.165, 1.54) is 63.8 Å². The highest BCUT2D eigenvalue weighted by Gasteiger charge is 2.36. The summed E-state index contributed by atoms with van der Waals surface area (Å²) >= 11 is 0. The van der Waals surface area contributed by atoms with Crippen molar-refractivity contribution >= 4 is 112 Å². The second kappa shape index (κ2) is 48.3. The first-order valence-corrected chi connectivity index (χ1v) is 47.4. The quantitative estimate of drug-likeness (QED) is 0.0293. The third-order valence-corrected chi connectivity index (χ3v) is 26.1. The lowest BCUT2D eigenvalue weighted by molar-refractivity contribution is -0.108. The smallest absolute Gasteiger partial charge is 0.410 e. The van der Waals surface area contributed by atoms with E-state index >= 15 is 0 Å². The Labute approximate surface area is 803 Å². The van der Waals surface area contributed by atoms with E-state index in [2.05, 4.69) is 96.6 Å². The Hall–Kier alpha value is -10.6. The standard InChI is InChI=1S/C32H45F2N9O4.C27H37F2N9O2.C20H24F2N8O2.C12H21NO3.2ClH/c1-32(2,3)47-31(45)41-13-5-22(6-14-41)4-10-39-11-7-23(8-12-39)43-21-25(27(38-43)28(33)34)36-30(44)24-20-35-42-15-9-26(37-29(24)42)40-16-18-46-19-17-40;28-25(29)24-22(18-38(34-24)20-4-10-35(11-5-20)9-3-19-1-7-30-8-2-19)32-27(39)21-17-31-37-12-6-23(33-26(21)37)36-13-15-40-16-14-36;21-18(22)17-15(12-30(27-17)13-1-4-23-5-2-13)25-20(31)14-11-24-29-6-3-16(26-19(14)29)28-7-9-32-10-8-28;1-12(2,3)16-11(15)13-7-4-10(5-8-13)6-9-14;;/h9,15,20-23,28H,4-8,10-14,16-19H2,1-3H3,(H,36,44);6,12,17-20,25,30H,1-5,7-11,13-16H2,(H,32,39);3,6,11-13,18,23H,1-2,4-5,7-10H2,(H,25,31);9-10H,4-8H2,1-3H3;2*1H. The molecule has 5 N–H and O–H groups in total. The Balaban J connectivity index is 0.000000161. The molecule has 18 rings (SSSR count). The zero-order valence-corrected chi connectivity index (χ0v) is 80.2. The summed E-state index contributed by atoms with van der Waals surface area (Å²) in [6.45, 7) is 31.3. The van der Waals surface area contributed by atoms with Gasteiger partial charge >= 0.3 is 12.2 Å². The monoisotopic (exact) mass is 1960 g/mol. The Kier molecular flexibility index (Phi) is 36.6. The minimum absolute atomic E-state index is 0. The number of halogens is 8. The molecule has 0 spiro atoms. The number of rotatable bonds is 23. The molecule has 5 amide bonds. The highest BCUT2D eigenvalue weighted by molar-refractivity contribution is 6.10. The van der Waals surface area contributed by atoms with E-state index in [0.717, 1.165) is 161 Å². The fraction of sp³-hybridized carbons (Fsp3) is 0.637. The van der Waals surface area contributed by atoms with E-state index in [1.807, 2.05) is 59.7 Å². The average Bonchev–Trinajstić information content (AvgIpc) is 1.66. The first-order chi connectivity index (χ1) is 65.1. The number of hydrogen-bond acceptors (Lipinski definition) is 27. The van der Waals surface area contributed by atoms with Gasteiger partial charge in [0, 0.05) is 135 Å². The number of nitrogens with zero attached hydrogens (tertiary/aromatic N) is 22. The summed E-state index contributed by atoms with van der Waals surface area (Å²) in [6.07, 6.45) is 19.9. The average molecular weight is 1960 g/mol. The van der Waals surface area contributed by atoms with E-state index in [0.29, 0.717) is 145 Å². The molecule has 9 aromatic rings. The van der Waals surface area contributed by atoms with Crippen LogP contribution in [0.25, 0.3) is 16.9 Å². The van der Waals surface area contributed by atoms with E-state index in [1.54, 1.807) is 48.6 Å². The van der Waals surface area contributed by atoms with Crippen LogP contribution in [0.2, 0.25) is 0 Å². The second-order valence-electron chi connectivity index (χ2n) is 37.7. The molecule has 9 fully saturated rings. The lowest BCUT2D eigenvalue weighted by atomic mass is 9.93. The summed E-state index contributed by atoms with van der Waals surface area (Å²) in [4.78, 5) is 103. The van der Waals surface area contributed by atoms with Gasteiger partial charge in [0.1, 0.15) is 51.6 Å². The summed E-state index contributed by atoms with van der Waals surface area (Å²) in [6, 6.07) is 5.49. The van der Waals surface area contributed by atoms with Crippen molar-refractivity contribution in [1.82, 2.24) is 103 Å². The van der Waals surface area contributed by atoms with Gasteiger partial charge in [-0.05, 0) is 207 Å². The SMILES string of the molecule is CC(C)(C)OC(=O)N1CCC(CC=O)CC1.CC(C)(C)OC(=O)N1CCC(CCN2CCC(n3cc(NC(=O)c4cnn5ccc(N6CCOCC6)nc45)c(C(F)F)n3)CC2)CC1.Cl.Cl.O=C(Nc1cn(C2CCN(CCC3CCNCC3)CC2)nc1C(F)F)c1cnn2ccc(N3CCOCC3)nc12.O=C(Nc1cn(C2CCNCC2)nc1C(F)F)c1cnn2ccc(N3CCOCC3)nc12. The molecule has 9 saturated heterocycles. The van der Waals surface area contributed by atoms with E-state index in [9.17, 15) is 55.1 Å². The maximum atomic E-state index is 14.1. The van der Waals surface area contributed by atoms with Crippen LogP contribution >= 0.6 is 24.8 Å². The molecule has 0 bridgehead atoms. The Bertz CT molecular complexity index is 5410. The normalized spacial score (nSPS) is 18.7. The summed E-state index contributed by atoms with van der Waals surface area (Å²) in [5, 5.41) is 39.7. The Morgan fingerprint density at radius 1 is 0.423 bits per heavy atom. The van der Waals surface area contributed by atoms with Gasteiger partial charge < -0.3 is 89.4 Å². The molecule has 0 aliphatic carbocycles. The molecule has 9 aliphatic heterocycles. The van der Waals surface area contributed by atoms with Gasteiger partial charge in [-0.15, -0.1) is 24.8 Å². The number of ether oxygens (including phenoxy) is 5. The molecular weight excluding hydrogens is 1830 g/mol. The third kappa shape index (κ3) is 27.7. The number of piperidine rings is 6. The van der Waals surface area contributed by atoms with Crippen molar-refractivity contribution < 1.29 is 78.8 Å². The van der Waals surface area contributed by atoms with E-state index in [-0.39, 0.29) is 88.9 Å². The van der Waals surface area contributed by atoms with Gasteiger partial charge in [-0.25, -0.2) is 64.4 Å². The van der Waals surface area contributed by atoms with Crippen molar-refractivity contribution in [3.05, 3.63) is 108 Å². The molecule has 9 aliphatic rings. The van der Waals surface area contributed by atoms with Crippen LogP contribution in [-0.2, 0) is 28.5 Å². The van der Waals surface area contributed by atoms with Crippen molar-refractivity contribution in [3.63, 3.8) is 0 Å². The van der Waals surface area contributed by atoms with Gasteiger partial charge in [-0.2, -0.15) is 30.6 Å². The zero-order chi connectivity index (χ0) is 94.9. The molecular formula is C91H129Cl2F6N27O11. The van der Waals surface area contributed by atoms with Crippen molar-refractivity contribution in [3.8, 4) is 0 Å². The molecule has 38 nitrogen and oxygen atoms in total. The van der Waals surface area contributed by atoms with Crippen LogP contribution in [0.1, 0.15) is 223 Å². The van der Waals surface area contributed by atoms with Gasteiger partial charge in [0.15, 0.2) is 34.0 Å². The van der Waals surface area contributed by atoms with Crippen molar-refractivity contribution in [2.45, 2.75) is 186 Å². The largest absolute Gasteiger partial charge is 0.444 e. The zero-order valence-electron chi connectivity index (χ0n) is 78.6. The summed E-state index contributed by atoms with van der Waals surface area (Å²) < 4.78 is 120. The van der Waals surface area contributed by atoms with Crippen LogP contribution in [-0.4, -0.2) is 311 Å².